The lowest BCUT2D eigenvalue weighted by molar-refractivity contribution is 0.482. The maximum atomic E-state index is 5.85. The first-order chi connectivity index (χ1) is 18.6. The van der Waals surface area contributed by atoms with E-state index in [1.54, 1.807) is 0 Å². The number of anilines is 2. The van der Waals surface area contributed by atoms with Gasteiger partial charge in [0.15, 0.2) is 0 Å². The van der Waals surface area contributed by atoms with Gasteiger partial charge in [0.2, 0.25) is 0 Å². The lowest BCUT2D eigenvalue weighted by Gasteiger charge is -2.09. The van der Waals surface area contributed by atoms with E-state index in [2.05, 4.69) is 34.9 Å². The molecule has 4 aromatic rings. The molecule has 6 nitrogen and oxygen atoms in total. The van der Waals surface area contributed by atoms with Crippen molar-refractivity contribution < 1.29 is 9.47 Å². The second-order valence-electron chi connectivity index (χ2n) is 9.40. The van der Waals surface area contributed by atoms with Gasteiger partial charge >= 0.3 is 0 Å². The van der Waals surface area contributed by atoms with Crippen molar-refractivity contribution in [2.45, 2.75) is 38.8 Å². The molecule has 0 bridgehead atoms. The Labute approximate surface area is 226 Å². The molecule has 0 aliphatic carbocycles. The molecule has 4 aromatic carbocycles. The Morgan fingerprint density at radius 1 is 0.421 bits per heavy atom. The molecule has 6 heteroatoms. The molecule has 198 valence electrons. The Kier molecular flexibility index (Phi) is 10.4. The van der Waals surface area contributed by atoms with E-state index in [0.29, 0.717) is 0 Å². The highest BCUT2D eigenvalue weighted by Crippen LogP contribution is 2.23. The van der Waals surface area contributed by atoms with E-state index in [4.69, 9.17) is 20.9 Å². The van der Waals surface area contributed by atoms with E-state index >= 15 is 0 Å². The van der Waals surface area contributed by atoms with Crippen molar-refractivity contribution in [1.82, 2.24) is 10.6 Å². The number of nitrogen functional groups attached to an aromatic ring is 2. The summed E-state index contributed by atoms with van der Waals surface area (Å²) in [6.07, 6.45) is 4.85. The van der Waals surface area contributed by atoms with Gasteiger partial charge in [-0.1, -0.05) is 37.1 Å². The highest BCUT2D eigenvalue weighted by atomic mass is 16.5. The molecule has 0 saturated carbocycles. The van der Waals surface area contributed by atoms with Crippen LogP contribution in [0.4, 0.5) is 11.4 Å². The Hall–Kier alpha value is -4.00. The summed E-state index contributed by atoms with van der Waals surface area (Å²) in [5.74, 6) is 3.23. The van der Waals surface area contributed by atoms with Gasteiger partial charge in [0.1, 0.15) is 23.0 Å². The van der Waals surface area contributed by atoms with Crippen LogP contribution in [0.25, 0.3) is 0 Å². The molecule has 4 rings (SSSR count). The van der Waals surface area contributed by atoms with Crippen molar-refractivity contribution in [3.05, 3.63) is 108 Å². The van der Waals surface area contributed by atoms with Crippen molar-refractivity contribution in [2.24, 2.45) is 0 Å². The van der Waals surface area contributed by atoms with Gasteiger partial charge in [-0.3, -0.25) is 0 Å². The molecule has 0 unspecified atom stereocenters. The van der Waals surface area contributed by atoms with Crippen LogP contribution in [0.3, 0.4) is 0 Å². The van der Waals surface area contributed by atoms with Crippen LogP contribution in [0.15, 0.2) is 97.1 Å². The fraction of sp³-hybridized carbons (Fsp3) is 0.250. The average molecular weight is 511 g/mol. The minimum Gasteiger partial charge on any atom is -0.457 e. The number of rotatable bonds is 15. The van der Waals surface area contributed by atoms with Crippen LogP contribution in [-0.2, 0) is 13.1 Å². The minimum atomic E-state index is 0.732. The number of hydrogen-bond donors (Lipinski definition) is 4. The van der Waals surface area contributed by atoms with Crippen molar-refractivity contribution in [3.63, 3.8) is 0 Å². The molecule has 0 aliphatic rings. The van der Waals surface area contributed by atoms with Crippen LogP contribution in [0.1, 0.15) is 36.8 Å². The second kappa shape index (κ2) is 14.7. The van der Waals surface area contributed by atoms with Crippen molar-refractivity contribution in [3.8, 4) is 23.0 Å². The predicted molar refractivity (Wildman–Crippen MR) is 157 cm³/mol. The average Bonchev–Trinajstić information content (AvgIpc) is 2.94. The summed E-state index contributed by atoms with van der Waals surface area (Å²) in [7, 11) is 0. The monoisotopic (exact) mass is 510 g/mol. The van der Waals surface area contributed by atoms with E-state index < -0.39 is 0 Å². The Balaban J connectivity index is 1.00. The van der Waals surface area contributed by atoms with E-state index in [9.17, 15) is 0 Å². The third kappa shape index (κ3) is 9.47. The van der Waals surface area contributed by atoms with Crippen LogP contribution in [0.2, 0.25) is 0 Å². The van der Waals surface area contributed by atoms with Crippen molar-refractivity contribution >= 4 is 11.4 Å². The quantitative estimate of drug-likeness (QED) is 0.103. The van der Waals surface area contributed by atoms with Gasteiger partial charge in [-0.25, -0.2) is 0 Å². The summed E-state index contributed by atoms with van der Waals surface area (Å²) in [5.41, 5.74) is 15.4. The molecule has 0 spiro atoms. The Bertz CT molecular complexity index is 1110. The summed E-state index contributed by atoms with van der Waals surface area (Å²) in [4.78, 5) is 0. The number of ether oxygens (including phenoxy) is 2. The van der Waals surface area contributed by atoms with Gasteiger partial charge in [0, 0.05) is 24.5 Å². The van der Waals surface area contributed by atoms with Gasteiger partial charge < -0.3 is 31.6 Å². The highest BCUT2D eigenvalue weighted by molar-refractivity contribution is 5.44. The molecule has 0 radical (unpaired) electrons. The molecule has 6 N–H and O–H groups in total. The summed E-state index contributed by atoms with van der Waals surface area (Å²) in [6, 6.07) is 31.3. The summed E-state index contributed by atoms with van der Waals surface area (Å²) in [6.45, 7) is 3.80. The Morgan fingerprint density at radius 2 is 0.737 bits per heavy atom. The third-order valence-corrected chi connectivity index (χ3v) is 6.19. The smallest absolute Gasteiger partial charge is 0.127 e. The van der Waals surface area contributed by atoms with Gasteiger partial charge in [0.05, 0.1) is 0 Å². The lowest BCUT2D eigenvalue weighted by Crippen LogP contribution is -2.16. The number of nitrogens with one attached hydrogen (secondary N) is 2. The van der Waals surface area contributed by atoms with E-state index in [1.165, 1.54) is 36.8 Å². The first kappa shape index (κ1) is 27.0. The van der Waals surface area contributed by atoms with Crippen molar-refractivity contribution in [1.29, 1.82) is 0 Å². The van der Waals surface area contributed by atoms with Crippen LogP contribution >= 0.6 is 0 Å². The zero-order valence-electron chi connectivity index (χ0n) is 21.9. The fourth-order valence-corrected chi connectivity index (χ4v) is 4.01. The minimum absolute atomic E-state index is 0.732. The zero-order chi connectivity index (χ0) is 26.4. The first-order valence-corrected chi connectivity index (χ1v) is 13.3. The molecule has 0 amide bonds. The normalized spacial score (nSPS) is 10.8. The van der Waals surface area contributed by atoms with Crippen LogP contribution in [0, 0.1) is 0 Å². The second-order valence-corrected chi connectivity index (χ2v) is 9.40. The summed E-state index contributed by atoms with van der Waals surface area (Å²) < 4.78 is 11.7. The largest absolute Gasteiger partial charge is 0.457 e. The van der Waals surface area contributed by atoms with E-state index in [1.807, 2.05) is 72.8 Å². The van der Waals surface area contributed by atoms with Crippen LogP contribution in [0.5, 0.6) is 23.0 Å². The standard InChI is InChI=1S/C32H38N4O2/c33-27-9-17-31(18-10-27)37-29-13-5-25(6-14-29)23-35-21-3-1-2-4-22-36-24-26-7-15-30(16-8-26)38-32-19-11-28(34)12-20-32/h5-20,35-36H,1-4,21-24,33-34H2. The first-order valence-electron chi connectivity index (χ1n) is 13.3. The SMILES string of the molecule is Nc1ccc(Oc2ccc(CNCCCCCCNCc3ccc(Oc4ccc(N)cc4)cc3)cc2)cc1. The molecule has 0 atom stereocenters. The number of unbranched alkanes of at least 4 members (excludes halogenated alkanes) is 3. The van der Waals surface area contributed by atoms with E-state index in [0.717, 1.165) is 60.6 Å². The van der Waals surface area contributed by atoms with Gasteiger partial charge in [0.25, 0.3) is 0 Å². The Morgan fingerprint density at radius 3 is 1.08 bits per heavy atom. The lowest BCUT2D eigenvalue weighted by atomic mass is 10.1. The molecular weight excluding hydrogens is 472 g/mol. The topological polar surface area (TPSA) is 94.6 Å². The maximum Gasteiger partial charge on any atom is 0.127 e. The van der Waals surface area contributed by atoms with Gasteiger partial charge in [-0.05, 0) is 110 Å². The molecule has 0 aliphatic heterocycles. The van der Waals surface area contributed by atoms with Crippen molar-refractivity contribution in [2.75, 3.05) is 24.6 Å². The molecule has 38 heavy (non-hydrogen) atoms. The summed E-state index contributed by atoms with van der Waals surface area (Å²) in [5, 5.41) is 7.07. The number of benzene rings is 4. The molecule has 0 fully saturated rings. The molecular formula is C32H38N4O2. The van der Waals surface area contributed by atoms with Crippen LogP contribution < -0.4 is 31.6 Å². The number of nitrogens with two attached hydrogens (primary N) is 2. The number of hydrogen-bond acceptors (Lipinski definition) is 6. The highest BCUT2D eigenvalue weighted by Gasteiger charge is 2.00. The molecule has 0 heterocycles. The van der Waals surface area contributed by atoms with Gasteiger partial charge in [-0.15, -0.1) is 0 Å². The molecule has 0 aromatic heterocycles. The zero-order valence-corrected chi connectivity index (χ0v) is 21.9. The van der Waals surface area contributed by atoms with E-state index in [-0.39, 0.29) is 0 Å². The third-order valence-electron chi connectivity index (χ3n) is 6.19. The van der Waals surface area contributed by atoms with Gasteiger partial charge in [-0.2, -0.15) is 0 Å². The fourth-order valence-electron chi connectivity index (χ4n) is 4.01. The summed E-state index contributed by atoms with van der Waals surface area (Å²) >= 11 is 0. The maximum absolute atomic E-state index is 5.85. The molecule has 0 saturated heterocycles. The van der Waals surface area contributed by atoms with Crippen LogP contribution in [-0.4, -0.2) is 13.1 Å². The predicted octanol–water partition coefficient (Wildman–Crippen LogP) is 6.88.